The fourth-order valence-corrected chi connectivity index (χ4v) is 7.44. The summed E-state index contributed by atoms with van der Waals surface area (Å²) >= 11 is 0. The number of nitro benzene ring substituents is 1. The van der Waals surface area contributed by atoms with E-state index >= 15 is 13.2 Å². The molecule has 276 valence electrons. The summed E-state index contributed by atoms with van der Waals surface area (Å²) in [7, 11) is 2.94. The minimum Gasteiger partial charge on any atom is -0.493 e. The van der Waals surface area contributed by atoms with E-state index in [4.69, 9.17) is 18.9 Å². The van der Waals surface area contributed by atoms with Crippen molar-refractivity contribution >= 4 is 28.6 Å². The van der Waals surface area contributed by atoms with Crippen LogP contribution in [0.2, 0.25) is 0 Å². The molecule has 52 heavy (non-hydrogen) atoms. The maximum Gasteiger partial charge on any atom is 0.422 e. The quantitative estimate of drug-likeness (QED) is 0.0671. The van der Waals surface area contributed by atoms with Gasteiger partial charge in [0.15, 0.2) is 11.5 Å². The van der Waals surface area contributed by atoms with Gasteiger partial charge >= 0.3 is 12.1 Å². The Morgan fingerprint density at radius 2 is 1.67 bits per heavy atom. The molecular weight excluding hydrogens is 683 g/mol. The summed E-state index contributed by atoms with van der Waals surface area (Å²) in [6.07, 6.45) is 0.691. The van der Waals surface area contributed by atoms with Crippen LogP contribution in [0.25, 0.3) is 17.0 Å². The topological polar surface area (TPSA) is 126 Å². The SMILES string of the molecule is CCOC(=O)C=Cc1cc(OC)c(OC2C[C@H]3CC[C@@H](C2)N3CC(O)(c2cn(Cc3ccccc3)c3cc([N+](=O)[O-])ccc23)C(F)(F)F)c(OC)c1. The molecule has 2 unspecified atom stereocenters. The van der Waals surface area contributed by atoms with Crippen molar-refractivity contribution in [3.63, 3.8) is 0 Å². The third-order valence-electron chi connectivity index (χ3n) is 9.91. The molecule has 11 nitrogen and oxygen atoms in total. The Morgan fingerprint density at radius 1 is 1.02 bits per heavy atom. The van der Waals surface area contributed by atoms with Crippen molar-refractivity contribution in [2.24, 2.45) is 0 Å². The van der Waals surface area contributed by atoms with Gasteiger partial charge in [-0.1, -0.05) is 30.3 Å². The second-order valence-corrected chi connectivity index (χ2v) is 13.1. The predicted octanol–water partition coefficient (Wildman–Crippen LogP) is 7.02. The van der Waals surface area contributed by atoms with Gasteiger partial charge in [-0.15, -0.1) is 0 Å². The van der Waals surface area contributed by atoms with Crippen molar-refractivity contribution in [2.45, 2.75) is 69.1 Å². The Morgan fingerprint density at radius 3 is 2.25 bits per heavy atom. The molecule has 4 atom stereocenters. The molecule has 0 aliphatic carbocycles. The first-order chi connectivity index (χ1) is 24.8. The Labute approximate surface area is 298 Å². The van der Waals surface area contributed by atoms with Gasteiger partial charge in [-0.25, -0.2) is 4.79 Å². The lowest BCUT2D eigenvalue weighted by Gasteiger charge is -2.43. The number of nitrogens with zero attached hydrogens (tertiary/aromatic N) is 3. The number of methoxy groups -OCH3 is 2. The number of nitro groups is 1. The number of ether oxygens (including phenoxy) is 4. The smallest absolute Gasteiger partial charge is 0.422 e. The van der Waals surface area contributed by atoms with Crippen LogP contribution in [0.1, 0.15) is 49.3 Å². The number of piperidine rings is 1. The largest absolute Gasteiger partial charge is 0.493 e. The van der Waals surface area contributed by atoms with Gasteiger partial charge in [0, 0.05) is 60.5 Å². The lowest BCUT2D eigenvalue weighted by molar-refractivity contribution is -0.384. The van der Waals surface area contributed by atoms with Gasteiger partial charge in [0.25, 0.3) is 5.69 Å². The number of carbonyl (C=O) groups excluding carboxylic acids is 1. The predicted molar refractivity (Wildman–Crippen MR) is 186 cm³/mol. The first kappa shape index (κ1) is 36.7. The van der Waals surface area contributed by atoms with E-state index in [1.807, 2.05) is 18.2 Å². The zero-order valence-electron chi connectivity index (χ0n) is 29.0. The molecule has 2 saturated heterocycles. The highest BCUT2D eigenvalue weighted by atomic mass is 19.4. The van der Waals surface area contributed by atoms with Gasteiger partial charge in [-0.2, -0.15) is 13.2 Å². The average molecular weight is 724 g/mol. The molecule has 14 heteroatoms. The molecule has 0 spiro atoms. The first-order valence-electron chi connectivity index (χ1n) is 17.0. The molecule has 6 rings (SSSR count). The van der Waals surface area contributed by atoms with Crippen molar-refractivity contribution < 1.29 is 46.9 Å². The third kappa shape index (κ3) is 7.30. The standard InChI is InChI=1S/C38H40F3N3O8/c1-4-51-35(45)15-10-25-16-33(49-2)36(34(17-25)50-3)52-29-18-26-11-12-27(19-29)43(26)23-37(46,38(39,40)41)31-22-42(21-24-8-6-5-7-9-24)32-20-28(44(47)48)13-14-30(31)32/h5-10,13-17,20,22,26-27,29,46H,4,11-12,18-19,21,23H2,1-3H3/t26-,27+,29?,37?. The molecule has 3 aromatic carbocycles. The van der Waals surface area contributed by atoms with Crippen LogP contribution in [-0.2, 0) is 21.7 Å². The fourth-order valence-electron chi connectivity index (χ4n) is 7.44. The molecule has 1 N–H and O–H groups in total. The maximum atomic E-state index is 15.2. The van der Waals surface area contributed by atoms with Crippen LogP contribution in [0.3, 0.4) is 0 Å². The summed E-state index contributed by atoms with van der Waals surface area (Å²) in [5.74, 6) is 0.554. The van der Waals surface area contributed by atoms with Crippen molar-refractivity contribution in [2.75, 3.05) is 27.4 Å². The highest BCUT2D eigenvalue weighted by Crippen LogP contribution is 2.48. The summed E-state index contributed by atoms with van der Waals surface area (Å²) < 4.78 is 69.8. The monoisotopic (exact) mass is 723 g/mol. The number of halogens is 3. The summed E-state index contributed by atoms with van der Waals surface area (Å²) in [4.78, 5) is 24.6. The number of carbonyl (C=O) groups is 1. The van der Waals surface area contributed by atoms with Crippen LogP contribution in [0.4, 0.5) is 18.9 Å². The van der Waals surface area contributed by atoms with Crippen LogP contribution in [0.5, 0.6) is 17.2 Å². The van der Waals surface area contributed by atoms with E-state index in [0.29, 0.717) is 48.5 Å². The van der Waals surface area contributed by atoms with Gasteiger partial charge in [0.05, 0.1) is 31.3 Å². The minimum atomic E-state index is -5.07. The number of rotatable bonds is 13. The zero-order chi connectivity index (χ0) is 37.2. The normalized spacial score (nSPS) is 20.2. The maximum absolute atomic E-state index is 15.2. The number of alkyl halides is 3. The molecule has 0 amide bonds. The van der Waals surface area contributed by atoms with Gasteiger partial charge in [-0.3, -0.25) is 15.0 Å². The number of esters is 1. The van der Waals surface area contributed by atoms with Crippen molar-refractivity contribution in [3.8, 4) is 17.2 Å². The molecule has 4 aromatic rings. The van der Waals surface area contributed by atoms with E-state index in [1.54, 1.807) is 42.2 Å². The molecular formula is C38H40F3N3O8. The average Bonchev–Trinajstić information content (AvgIpc) is 3.58. The molecule has 3 heterocycles. The van der Waals surface area contributed by atoms with E-state index in [9.17, 15) is 20.0 Å². The van der Waals surface area contributed by atoms with E-state index in [1.165, 1.54) is 43.2 Å². The highest BCUT2D eigenvalue weighted by Gasteiger charge is 2.59. The third-order valence-corrected chi connectivity index (χ3v) is 9.91. The molecule has 2 aliphatic heterocycles. The Balaban J connectivity index is 1.27. The van der Waals surface area contributed by atoms with Gasteiger partial charge in [0.1, 0.15) is 6.10 Å². The summed E-state index contributed by atoms with van der Waals surface area (Å²) in [6.45, 7) is 1.39. The first-order valence-corrected chi connectivity index (χ1v) is 17.0. The number of fused-ring (bicyclic) bond motifs is 3. The Hall–Kier alpha value is -5.08. The molecule has 2 bridgehead atoms. The van der Waals surface area contributed by atoms with Crippen molar-refractivity contribution in [3.05, 3.63) is 99.7 Å². The van der Waals surface area contributed by atoms with E-state index in [-0.39, 0.29) is 53.5 Å². The second kappa shape index (κ2) is 14.9. The van der Waals surface area contributed by atoms with Gasteiger partial charge in [-0.05, 0) is 68.0 Å². The van der Waals surface area contributed by atoms with Crippen molar-refractivity contribution in [1.82, 2.24) is 9.47 Å². The fraction of sp³-hybridized carbons (Fsp3) is 0.395. The van der Waals surface area contributed by atoms with Gasteiger partial charge in [0.2, 0.25) is 11.4 Å². The zero-order valence-corrected chi connectivity index (χ0v) is 29.0. The van der Waals surface area contributed by atoms with Crippen LogP contribution in [0.15, 0.2) is 72.9 Å². The van der Waals surface area contributed by atoms with Crippen molar-refractivity contribution in [1.29, 1.82) is 0 Å². The number of aromatic nitrogens is 1. The van der Waals surface area contributed by atoms with Crippen LogP contribution in [0, 0.1) is 10.1 Å². The lowest BCUT2D eigenvalue weighted by Crippen LogP contribution is -2.56. The number of hydrogen-bond acceptors (Lipinski definition) is 9. The molecule has 0 radical (unpaired) electrons. The number of hydrogen-bond donors (Lipinski definition) is 1. The molecule has 2 fully saturated rings. The molecule has 2 aliphatic rings. The van der Waals surface area contributed by atoms with Crippen LogP contribution < -0.4 is 14.2 Å². The highest BCUT2D eigenvalue weighted by molar-refractivity contribution is 5.88. The van der Waals surface area contributed by atoms with E-state index in [0.717, 1.165) is 11.6 Å². The number of benzene rings is 3. The van der Waals surface area contributed by atoms with Crippen LogP contribution >= 0.6 is 0 Å². The summed E-state index contributed by atoms with van der Waals surface area (Å²) in [5, 5.41) is 23.6. The number of non-ortho nitro benzene ring substituents is 1. The Bertz CT molecular complexity index is 1930. The van der Waals surface area contributed by atoms with Gasteiger partial charge < -0.3 is 28.6 Å². The van der Waals surface area contributed by atoms with Crippen LogP contribution in [-0.4, -0.2) is 77.2 Å². The van der Waals surface area contributed by atoms with E-state index < -0.39 is 29.2 Å². The molecule has 1 aromatic heterocycles. The lowest BCUT2D eigenvalue weighted by atomic mass is 9.89. The summed E-state index contributed by atoms with van der Waals surface area (Å²) in [5.41, 5.74) is -2.30. The summed E-state index contributed by atoms with van der Waals surface area (Å²) in [6, 6.07) is 15.5. The molecule has 0 saturated carbocycles. The Kier molecular flexibility index (Phi) is 10.5. The number of aliphatic hydroxyl groups is 1. The van der Waals surface area contributed by atoms with E-state index in [2.05, 4.69) is 0 Å². The second-order valence-electron chi connectivity index (χ2n) is 13.1. The minimum absolute atomic E-state index is 0.0895.